The Balaban J connectivity index is 1.90. The molecular formula is C19H15NO2. The van der Waals surface area contributed by atoms with Crippen LogP contribution >= 0.6 is 0 Å². The third kappa shape index (κ3) is 2.71. The fourth-order valence-corrected chi connectivity index (χ4v) is 2.43. The van der Waals surface area contributed by atoms with Gasteiger partial charge in [0.2, 0.25) is 0 Å². The van der Waals surface area contributed by atoms with Gasteiger partial charge in [-0.25, -0.2) is 4.79 Å². The molecule has 1 unspecified atom stereocenters. The highest BCUT2D eigenvalue weighted by Crippen LogP contribution is 2.31. The molecule has 108 valence electrons. The normalized spacial score (nSPS) is 15.6. The average Bonchev–Trinajstić information content (AvgIpc) is 2.56. The van der Waals surface area contributed by atoms with Gasteiger partial charge < -0.3 is 4.74 Å². The number of hydrogen-bond donors (Lipinski definition) is 0. The van der Waals surface area contributed by atoms with Gasteiger partial charge in [-0.15, -0.1) is 5.73 Å². The molecule has 1 amide bonds. The van der Waals surface area contributed by atoms with Gasteiger partial charge in [0, 0.05) is 6.20 Å². The van der Waals surface area contributed by atoms with Crippen LogP contribution in [-0.2, 0) is 0 Å². The van der Waals surface area contributed by atoms with Gasteiger partial charge >= 0.3 is 6.09 Å². The number of amides is 1. The summed E-state index contributed by atoms with van der Waals surface area (Å²) in [5.41, 5.74) is 4.86. The summed E-state index contributed by atoms with van der Waals surface area (Å²) in [6.07, 6.45) is 4.95. The first kappa shape index (κ1) is 13.9. The van der Waals surface area contributed by atoms with E-state index in [1.165, 1.54) is 4.90 Å². The summed E-state index contributed by atoms with van der Waals surface area (Å²) in [6, 6.07) is 16.7. The Hall–Kier alpha value is -3.03. The zero-order valence-corrected chi connectivity index (χ0v) is 12.0. The second-order valence-corrected chi connectivity index (χ2v) is 4.85. The van der Waals surface area contributed by atoms with E-state index in [0.29, 0.717) is 5.75 Å². The molecule has 0 spiro atoms. The van der Waals surface area contributed by atoms with E-state index in [9.17, 15) is 4.79 Å². The molecule has 2 aromatic rings. The third-order valence-electron chi connectivity index (χ3n) is 3.46. The molecule has 0 fully saturated rings. The molecule has 3 heteroatoms. The maximum Gasteiger partial charge on any atom is 0.420 e. The topological polar surface area (TPSA) is 29.5 Å². The Bertz CT molecular complexity index is 758. The summed E-state index contributed by atoms with van der Waals surface area (Å²) in [7, 11) is 0. The molecule has 0 aromatic heterocycles. The maximum absolute atomic E-state index is 12.4. The van der Waals surface area contributed by atoms with E-state index in [-0.39, 0.29) is 6.04 Å². The predicted molar refractivity (Wildman–Crippen MR) is 86.2 cm³/mol. The molecule has 2 aromatic carbocycles. The molecule has 0 bridgehead atoms. The number of rotatable bonds is 2. The first-order valence-corrected chi connectivity index (χ1v) is 6.98. The molecule has 1 atom stereocenters. The summed E-state index contributed by atoms with van der Waals surface area (Å²) in [4.78, 5) is 14.0. The lowest BCUT2D eigenvalue weighted by molar-refractivity contribution is 0.161. The van der Waals surface area contributed by atoms with Gasteiger partial charge in [-0.05, 0) is 35.4 Å². The van der Waals surface area contributed by atoms with Gasteiger partial charge in [-0.1, -0.05) is 49.0 Å². The Morgan fingerprint density at radius 3 is 2.64 bits per heavy atom. The number of benzene rings is 2. The van der Waals surface area contributed by atoms with Gasteiger partial charge in [0.05, 0.1) is 6.04 Å². The van der Waals surface area contributed by atoms with Crippen LogP contribution in [-0.4, -0.2) is 11.0 Å². The quantitative estimate of drug-likeness (QED) is 0.759. The zero-order valence-electron chi connectivity index (χ0n) is 12.0. The van der Waals surface area contributed by atoms with Crippen molar-refractivity contribution in [3.05, 3.63) is 90.3 Å². The highest BCUT2D eigenvalue weighted by Gasteiger charge is 2.27. The third-order valence-corrected chi connectivity index (χ3v) is 3.46. The number of hydrogen-bond acceptors (Lipinski definition) is 2. The number of carbonyl (C=O) groups is 1. The van der Waals surface area contributed by atoms with Crippen molar-refractivity contribution in [2.45, 2.75) is 6.04 Å². The Morgan fingerprint density at radius 2 is 1.86 bits per heavy atom. The van der Waals surface area contributed by atoms with Crippen LogP contribution in [0.25, 0.3) is 6.08 Å². The van der Waals surface area contributed by atoms with E-state index in [1.807, 2.05) is 48.5 Å². The van der Waals surface area contributed by atoms with Crippen molar-refractivity contribution < 1.29 is 9.53 Å². The van der Waals surface area contributed by atoms with Crippen molar-refractivity contribution >= 4 is 12.2 Å². The first-order chi connectivity index (χ1) is 10.8. The van der Waals surface area contributed by atoms with Crippen LogP contribution in [0.2, 0.25) is 0 Å². The molecule has 0 saturated carbocycles. The standard InChI is InChI=1S/C19H15NO2/c1-2-8-18-17-12-7-6-9-15(17)13-14-20(18)19(21)22-16-10-4-3-5-11-16/h3-14,18H,1H2. The number of para-hydroxylation sites is 1. The van der Waals surface area contributed by atoms with Crippen molar-refractivity contribution in [2.24, 2.45) is 0 Å². The molecule has 0 saturated heterocycles. The number of nitrogens with zero attached hydrogens (tertiary/aromatic N) is 1. The van der Waals surface area contributed by atoms with Crippen LogP contribution in [0.4, 0.5) is 4.79 Å². The molecular weight excluding hydrogens is 274 g/mol. The van der Waals surface area contributed by atoms with Crippen molar-refractivity contribution in [1.29, 1.82) is 0 Å². The number of ether oxygens (including phenoxy) is 1. The Morgan fingerprint density at radius 1 is 1.14 bits per heavy atom. The summed E-state index contributed by atoms with van der Waals surface area (Å²) in [6.45, 7) is 3.62. The second kappa shape index (κ2) is 6.17. The molecule has 1 aliphatic heterocycles. The van der Waals surface area contributed by atoms with E-state index in [1.54, 1.807) is 24.4 Å². The SMILES string of the molecule is C=C=CC1c2ccccc2C=CN1C(=O)Oc1ccccc1. The van der Waals surface area contributed by atoms with Crippen molar-refractivity contribution in [3.8, 4) is 5.75 Å². The van der Waals surface area contributed by atoms with Crippen LogP contribution in [0.1, 0.15) is 17.2 Å². The summed E-state index contributed by atoms with van der Waals surface area (Å²) in [5, 5.41) is 0. The van der Waals surface area contributed by atoms with Crippen LogP contribution in [0, 0.1) is 0 Å². The molecule has 3 nitrogen and oxygen atoms in total. The lowest BCUT2D eigenvalue weighted by atomic mass is 9.96. The summed E-state index contributed by atoms with van der Waals surface area (Å²) in [5.74, 6) is 0.515. The van der Waals surface area contributed by atoms with E-state index in [2.05, 4.69) is 12.3 Å². The minimum Gasteiger partial charge on any atom is -0.410 e. The molecule has 0 N–H and O–H groups in total. The van der Waals surface area contributed by atoms with E-state index in [4.69, 9.17) is 4.74 Å². The van der Waals surface area contributed by atoms with Gasteiger partial charge in [-0.2, -0.15) is 0 Å². The largest absolute Gasteiger partial charge is 0.420 e. The maximum atomic E-state index is 12.4. The monoisotopic (exact) mass is 289 g/mol. The van der Waals surface area contributed by atoms with Crippen LogP contribution in [0.15, 0.2) is 79.2 Å². The lowest BCUT2D eigenvalue weighted by Crippen LogP contribution is -2.33. The molecule has 0 radical (unpaired) electrons. The smallest absolute Gasteiger partial charge is 0.410 e. The van der Waals surface area contributed by atoms with E-state index < -0.39 is 6.09 Å². The molecule has 1 aliphatic rings. The molecule has 1 heterocycles. The molecule has 3 rings (SSSR count). The second-order valence-electron chi connectivity index (χ2n) is 4.85. The number of fused-ring (bicyclic) bond motifs is 1. The fourth-order valence-electron chi connectivity index (χ4n) is 2.43. The van der Waals surface area contributed by atoms with Crippen molar-refractivity contribution in [3.63, 3.8) is 0 Å². The highest BCUT2D eigenvalue weighted by molar-refractivity contribution is 5.76. The van der Waals surface area contributed by atoms with E-state index in [0.717, 1.165) is 11.1 Å². The van der Waals surface area contributed by atoms with E-state index >= 15 is 0 Å². The summed E-state index contributed by atoms with van der Waals surface area (Å²) >= 11 is 0. The number of carbonyl (C=O) groups excluding carboxylic acids is 1. The van der Waals surface area contributed by atoms with Gasteiger partial charge in [0.1, 0.15) is 5.75 Å². The van der Waals surface area contributed by atoms with Crippen LogP contribution in [0.5, 0.6) is 5.75 Å². The highest BCUT2D eigenvalue weighted by atomic mass is 16.6. The summed E-state index contributed by atoms with van der Waals surface area (Å²) < 4.78 is 5.41. The van der Waals surface area contributed by atoms with Gasteiger partial charge in [0.25, 0.3) is 0 Å². The first-order valence-electron chi connectivity index (χ1n) is 6.98. The van der Waals surface area contributed by atoms with Gasteiger partial charge in [0.15, 0.2) is 0 Å². The minimum atomic E-state index is -0.437. The Kier molecular flexibility index (Phi) is 3.90. The van der Waals surface area contributed by atoms with Crippen LogP contribution < -0.4 is 4.74 Å². The predicted octanol–water partition coefficient (Wildman–Crippen LogP) is 4.55. The average molecular weight is 289 g/mol. The lowest BCUT2D eigenvalue weighted by Gasteiger charge is -2.30. The minimum absolute atomic E-state index is 0.269. The molecule has 0 aliphatic carbocycles. The zero-order chi connectivity index (χ0) is 15.4. The van der Waals surface area contributed by atoms with Gasteiger partial charge in [-0.3, -0.25) is 4.90 Å². The van der Waals surface area contributed by atoms with Crippen LogP contribution in [0.3, 0.4) is 0 Å². The Labute approximate surface area is 129 Å². The van der Waals surface area contributed by atoms with Crippen molar-refractivity contribution in [1.82, 2.24) is 4.90 Å². The fraction of sp³-hybridized carbons (Fsp3) is 0.0526. The van der Waals surface area contributed by atoms with Crippen molar-refractivity contribution in [2.75, 3.05) is 0 Å². The molecule has 22 heavy (non-hydrogen) atoms.